The molecule has 5 nitrogen and oxygen atoms in total. The van der Waals surface area contributed by atoms with Crippen molar-refractivity contribution in [1.82, 2.24) is 0 Å². The lowest BCUT2D eigenvalue weighted by Gasteiger charge is -2.16. The number of carbonyl (C=O) groups excluding carboxylic acids is 1. The fourth-order valence-electron chi connectivity index (χ4n) is 1.94. The number of oxime groups is 1. The van der Waals surface area contributed by atoms with E-state index in [0.29, 0.717) is 6.42 Å². The second-order valence-corrected chi connectivity index (χ2v) is 4.37. The third-order valence-electron chi connectivity index (χ3n) is 3.02. The standard InChI is InChI=1S/C14H21N3O2/c1-3-7-11(13(15)17-19)14(18)16-12-9-6-5-8-10(12)4-2/h5-6,8-9,11,19H,3-4,7H2,1-2H3,(H2,15,17)(H,16,18). The predicted molar refractivity (Wildman–Crippen MR) is 76.3 cm³/mol. The molecule has 1 aromatic rings. The van der Waals surface area contributed by atoms with Crippen LogP contribution in [-0.2, 0) is 11.2 Å². The SMILES string of the molecule is CCCC(C(=O)Nc1ccccc1CC)C(N)=NO. The van der Waals surface area contributed by atoms with Crippen molar-refractivity contribution in [3.63, 3.8) is 0 Å². The van der Waals surface area contributed by atoms with Gasteiger partial charge in [0.25, 0.3) is 0 Å². The molecule has 0 saturated carbocycles. The summed E-state index contributed by atoms with van der Waals surface area (Å²) in [5.41, 5.74) is 7.41. The van der Waals surface area contributed by atoms with Crippen molar-refractivity contribution in [2.45, 2.75) is 33.1 Å². The summed E-state index contributed by atoms with van der Waals surface area (Å²) in [7, 11) is 0. The number of amidine groups is 1. The van der Waals surface area contributed by atoms with Crippen molar-refractivity contribution >= 4 is 17.4 Å². The molecule has 19 heavy (non-hydrogen) atoms. The second-order valence-electron chi connectivity index (χ2n) is 4.37. The number of hydrogen-bond acceptors (Lipinski definition) is 3. The smallest absolute Gasteiger partial charge is 0.235 e. The number of aryl methyl sites for hydroxylation is 1. The summed E-state index contributed by atoms with van der Waals surface area (Å²) in [4.78, 5) is 12.2. The van der Waals surface area contributed by atoms with Gasteiger partial charge in [-0.2, -0.15) is 0 Å². The molecule has 104 valence electrons. The molecule has 1 rings (SSSR count). The van der Waals surface area contributed by atoms with E-state index in [1.165, 1.54) is 0 Å². The van der Waals surface area contributed by atoms with E-state index >= 15 is 0 Å². The monoisotopic (exact) mass is 263 g/mol. The highest BCUT2D eigenvalue weighted by Crippen LogP contribution is 2.18. The third kappa shape index (κ3) is 3.98. The number of nitrogens with one attached hydrogen (secondary N) is 1. The molecule has 1 amide bonds. The van der Waals surface area contributed by atoms with Crippen LogP contribution in [0.15, 0.2) is 29.4 Å². The van der Waals surface area contributed by atoms with E-state index in [1.54, 1.807) is 0 Å². The van der Waals surface area contributed by atoms with Gasteiger partial charge in [-0.05, 0) is 24.5 Å². The predicted octanol–water partition coefficient (Wildman–Crippen LogP) is 2.35. The number of para-hydroxylation sites is 1. The molecule has 1 aromatic carbocycles. The molecule has 0 aliphatic heterocycles. The van der Waals surface area contributed by atoms with Crippen LogP contribution in [0, 0.1) is 5.92 Å². The summed E-state index contributed by atoms with van der Waals surface area (Å²) in [6.45, 7) is 3.98. The summed E-state index contributed by atoms with van der Waals surface area (Å²) in [5.74, 6) is -0.883. The Hall–Kier alpha value is -2.04. The van der Waals surface area contributed by atoms with Crippen LogP contribution in [0.2, 0.25) is 0 Å². The van der Waals surface area contributed by atoms with Crippen molar-refractivity contribution in [2.24, 2.45) is 16.8 Å². The summed E-state index contributed by atoms with van der Waals surface area (Å²) in [5, 5.41) is 14.5. The number of amides is 1. The topological polar surface area (TPSA) is 87.7 Å². The number of hydrogen-bond donors (Lipinski definition) is 3. The lowest BCUT2D eigenvalue weighted by atomic mass is 10.0. The van der Waals surface area contributed by atoms with Gasteiger partial charge < -0.3 is 16.3 Å². The van der Waals surface area contributed by atoms with Crippen LogP contribution in [0.3, 0.4) is 0 Å². The maximum atomic E-state index is 12.2. The van der Waals surface area contributed by atoms with Crippen molar-refractivity contribution in [3.8, 4) is 0 Å². The minimum Gasteiger partial charge on any atom is -0.409 e. The zero-order chi connectivity index (χ0) is 14.3. The van der Waals surface area contributed by atoms with E-state index < -0.39 is 5.92 Å². The van der Waals surface area contributed by atoms with Crippen LogP contribution < -0.4 is 11.1 Å². The largest absolute Gasteiger partial charge is 0.409 e. The fourth-order valence-corrected chi connectivity index (χ4v) is 1.94. The van der Waals surface area contributed by atoms with E-state index in [2.05, 4.69) is 10.5 Å². The summed E-state index contributed by atoms with van der Waals surface area (Å²) in [6.07, 6.45) is 2.16. The fraction of sp³-hybridized carbons (Fsp3) is 0.429. The zero-order valence-corrected chi connectivity index (χ0v) is 11.4. The first-order chi connectivity index (χ1) is 9.13. The quantitative estimate of drug-likeness (QED) is 0.318. The zero-order valence-electron chi connectivity index (χ0n) is 11.4. The number of nitrogens with two attached hydrogens (primary N) is 1. The van der Waals surface area contributed by atoms with Gasteiger partial charge in [-0.25, -0.2) is 0 Å². The molecule has 0 saturated heterocycles. The number of rotatable bonds is 6. The van der Waals surface area contributed by atoms with Crippen molar-refractivity contribution in [3.05, 3.63) is 29.8 Å². The Bertz CT molecular complexity index is 458. The number of benzene rings is 1. The van der Waals surface area contributed by atoms with Crippen LogP contribution in [0.5, 0.6) is 0 Å². The van der Waals surface area contributed by atoms with E-state index in [9.17, 15) is 4.79 Å². The van der Waals surface area contributed by atoms with Crippen LogP contribution in [0.25, 0.3) is 0 Å². The van der Waals surface area contributed by atoms with Gasteiger partial charge in [-0.15, -0.1) is 0 Å². The van der Waals surface area contributed by atoms with Gasteiger partial charge in [0.05, 0.1) is 5.92 Å². The first-order valence-electron chi connectivity index (χ1n) is 6.50. The maximum Gasteiger partial charge on any atom is 0.235 e. The van der Waals surface area contributed by atoms with E-state index in [0.717, 1.165) is 24.1 Å². The Balaban J connectivity index is 2.87. The summed E-state index contributed by atoms with van der Waals surface area (Å²) in [6, 6.07) is 7.62. The molecular formula is C14H21N3O2. The van der Waals surface area contributed by atoms with Crippen LogP contribution in [0.1, 0.15) is 32.3 Å². The van der Waals surface area contributed by atoms with Crippen molar-refractivity contribution in [2.75, 3.05) is 5.32 Å². The average molecular weight is 263 g/mol. The minimum absolute atomic E-state index is 0.0478. The van der Waals surface area contributed by atoms with Crippen LogP contribution >= 0.6 is 0 Å². The molecule has 0 aliphatic carbocycles. The highest BCUT2D eigenvalue weighted by molar-refractivity contribution is 6.07. The molecule has 0 aromatic heterocycles. The van der Waals surface area contributed by atoms with E-state index in [4.69, 9.17) is 10.9 Å². The molecule has 1 unspecified atom stereocenters. The molecular weight excluding hydrogens is 242 g/mol. The van der Waals surface area contributed by atoms with Crippen molar-refractivity contribution in [1.29, 1.82) is 0 Å². The highest BCUT2D eigenvalue weighted by Gasteiger charge is 2.22. The Morgan fingerprint density at radius 2 is 2.11 bits per heavy atom. The van der Waals surface area contributed by atoms with Crippen LogP contribution in [-0.4, -0.2) is 17.0 Å². The van der Waals surface area contributed by atoms with Gasteiger partial charge in [0.1, 0.15) is 0 Å². The Morgan fingerprint density at radius 3 is 2.68 bits per heavy atom. The van der Waals surface area contributed by atoms with Gasteiger partial charge in [0, 0.05) is 5.69 Å². The molecule has 0 heterocycles. The number of carbonyl (C=O) groups is 1. The Morgan fingerprint density at radius 1 is 1.42 bits per heavy atom. The first kappa shape index (κ1) is 15.0. The lowest BCUT2D eigenvalue weighted by Crippen LogP contribution is -2.34. The number of nitrogens with zero attached hydrogens (tertiary/aromatic N) is 1. The van der Waals surface area contributed by atoms with E-state index in [-0.39, 0.29) is 11.7 Å². The lowest BCUT2D eigenvalue weighted by molar-refractivity contribution is -0.118. The Kier molecular flexibility index (Phi) is 5.85. The maximum absolute atomic E-state index is 12.2. The van der Waals surface area contributed by atoms with E-state index in [1.807, 2.05) is 38.1 Å². The average Bonchev–Trinajstić information content (AvgIpc) is 2.44. The molecule has 1 atom stereocenters. The number of anilines is 1. The first-order valence-corrected chi connectivity index (χ1v) is 6.50. The molecule has 0 spiro atoms. The van der Waals surface area contributed by atoms with Gasteiger partial charge in [0.2, 0.25) is 5.91 Å². The molecule has 4 N–H and O–H groups in total. The third-order valence-corrected chi connectivity index (χ3v) is 3.02. The molecule has 0 fully saturated rings. The van der Waals surface area contributed by atoms with Gasteiger partial charge in [-0.3, -0.25) is 4.79 Å². The molecule has 0 bridgehead atoms. The Labute approximate surface area is 113 Å². The van der Waals surface area contributed by atoms with Crippen LogP contribution in [0.4, 0.5) is 5.69 Å². The highest BCUT2D eigenvalue weighted by atomic mass is 16.4. The van der Waals surface area contributed by atoms with Gasteiger partial charge >= 0.3 is 0 Å². The summed E-state index contributed by atoms with van der Waals surface area (Å²) < 4.78 is 0. The van der Waals surface area contributed by atoms with Gasteiger partial charge in [-0.1, -0.05) is 43.6 Å². The van der Waals surface area contributed by atoms with Gasteiger partial charge in [0.15, 0.2) is 5.84 Å². The van der Waals surface area contributed by atoms with Crippen molar-refractivity contribution < 1.29 is 10.0 Å². The second kappa shape index (κ2) is 7.41. The molecule has 0 aliphatic rings. The molecule has 5 heteroatoms. The normalized spacial score (nSPS) is 13.1. The minimum atomic E-state index is -0.597. The molecule has 0 radical (unpaired) electrons. The summed E-state index contributed by atoms with van der Waals surface area (Å²) >= 11 is 0.